The Bertz CT molecular complexity index is 172. The Morgan fingerprint density at radius 1 is 1.71 bits per heavy atom. The summed E-state index contributed by atoms with van der Waals surface area (Å²) in [5.41, 5.74) is 5.22. The van der Waals surface area contributed by atoms with E-state index in [1.807, 2.05) is 13.1 Å². The molecule has 0 aliphatic rings. The second-order valence-electron chi connectivity index (χ2n) is 1.89. The van der Waals surface area contributed by atoms with Gasteiger partial charge in [-0.3, -0.25) is 10.5 Å². The van der Waals surface area contributed by atoms with E-state index in [4.69, 9.17) is 15.3 Å². The lowest BCUT2D eigenvalue weighted by atomic mass is 10.5. The average Bonchev–Trinajstić information content (AvgIpc) is 2.20. The molecule has 0 amide bonds. The summed E-state index contributed by atoms with van der Waals surface area (Å²) in [5.74, 6) is 0. The highest BCUT2D eigenvalue weighted by Crippen LogP contribution is 2.25. The van der Waals surface area contributed by atoms with E-state index in [1.165, 1.54) is 7.11 Å². The third-order valence-corrected chi connectivity index (χ3v) is 1.67. The zero-order valence-corrected chi connectivity index (χ0v) is 9.62. The van der Waals surface area contributed by atoms with Gasteiger partial charge < -0.3 is 14.4 Å². The molecule has 0 aromatic rings. The van der Waals surface area contributed by atoms with Crippen LogP contribution in [0.4, 0.5) is 0 Å². The van der Waals surface area contributed by atoms with E-state index < -0.39 is 8.53 Å². The van der Waals surface area contributed by atoms with Crippen molar-refractivity contribution in [3.63, 3.8) is 0 Å². The molecule has 0 saturated heterocycles. The van der Waals surface area contributed by atoms with Gasteiger partial charge in [0.25, 0.3) is 8.53 Å². The summed E-state index contributed by atoms with van der Waals surface area (Å²) < 4.78 is 9.44. The Labute approximate surface area is 86.1 Å². The van der Waals surface area contributed by atoms with Crippen LogP contribution in [0, 0.1) is 11.3 Å². The summed E-state index contributed by atoms with van der Waals surface area (Å²) in [7, 11) is 3.76. The van der Waals surface area contributed by atoms with Crippen LogP contribution in [0.3, 0.4) is 0 Å². The Balaban J connectivity index is 0. The first kappa shape index (κ1) is 15.7. The SMILES string of the molecule is CN=CNC.COP(N)OCCC#N. The Morgan fingerprint density at radius 3 is 2.64 bits per heavy atom. The van der Waals surface area contributed by atoms with Gasteiger partial charge in [0, 0.05) is 21.2 Å². The van der Waals surface area contributed by atoms with Crippen molar-refractivity contribution in [2.24, 2.45) is 10.5 Å². The van der Waals surface area contributed by atoms with Crippen LogP contribution in [0.2, 0.25) is 0 Å². The van der Waals surface area contributed by atoms with Gasteiger partial charge in [-0.25, -0.2) is 0 Å². The molecule has 0 rings (SSSR count). The minimum absolute atomic E-state index is 0.354. The summed E-state index contributed by atoms with van der Waals surface area (Å²) in [6.07, 6.45) is 1.99. The van der Waals surface area contributed by atoms with E-state index in [1.54, 1.807) is 13.4 Å². The highest BCUT2D eigenvalue weighted by Gasteiger charge is 1.97. The van der Waals surface area contributed by atoms with Gasteiger partial charge in [-0.05, 0) is 0 Å². The van der Waals surface area contributed by atoms with Gasteiger partial charge in [0.05, 0.1) is 25.4 Å². The van der Waals surface area contributed by atoms with Crippen molar-refractivity contribution in [3.8, 4) is 6.07 Å². The molecule has 0 aromatic heterocycles. The number of nitriles is 1. The molecule has 0 heterocycles. The van der Waals surface area contributed by atoms with E-state index >= 15 is 0 Å². The maximum Gasteiger partial charge on any atom is 0.252 e. The number of hydrogen-bond donors (Lipinski definition) is 2. The van der Waals surface area contributed by atoms with Gasteiger partial charge in [0.2, 0.25) is 0 Å². The van der Waals surface area contributed by atoms with Gasteiger partial charge in [-0.2, -0.15) is 5.26 Å². The van der Waals surface area contributed by atoms with Crippen LogP contribution in [0.1, 0.15) is 6.42 Å². The highest BCUT2D eigenvalue weighted by molar-refractivity contribution is 7.44. The maximum atomic E-state index is 8.05. The third-order valence-electron chi connectivity index (χ3n) is 0.871. The van der Waals surface area contributed by atoms with Crippen LogP contribution < -0.4 is 10.8 Å². The van der Waals surface area contributed by atoms with Crippen LogP contribution in [0.25, 0.3) is 0 Å². The predicted molar refractivity (Wildman–Crippen MR) is 57.8 cm³/mol. The van der Waals surface area contributed by atoms with Crippen molar-refractivity contribution in [2.45, 2.75) is 6.42 Å². The van der Waals surface area contributed by atoms with Crippen LogP contribution in [0.15, 0.2) is 4.99 Å². The number of aliphatic imine (C=N–C) groups is 1. The summed E-state index contributed by atoms with van der Waals surface area (Å²) >= 11 is 0. The zero-order chi connectivity index (χ0) is 11.2. The van der Waals surface area contributed by atoms with Gasteiger partial charge in [0.15, 0.2) is 0 Å². The molecule has 0 aliphatic heterocycles. The fourth-order valence-corrected chi connectivity index (χ4v) is 0.740. The number of nitrogens with two attached hydrogens (primary N) is 1. The third kappa shape index (κ3) is 17.4. The van der Waals surface area contributed by atoms with Crippen LogP contribution in [-0.4, -0.2) is 34.2 Å². The monoisotopic (exact) mass is 220 g/mol. The number of nitrogens with zero attached hydrogens (tertiary/aromatic N) is 2. The van der Waals surface area contributed by atoms with E-state index in [0.717, 1.165) is 0 Å². The number of nitrogens with one attached hydrogen (secondary N) is 1. The molecule has 0 spiro atoms. The topological polar surface area (TPSA) is 92.7 Å². The maximum absolute atomic E-state index is 8.05. The zero-order valence-electron chi connectivity index (χ0n) is 8.73. The summed E-state index contributed by atoms with van der Waals surface area (Å²) in [4.78, 5) is 3.62. The van der Waals surface area contributed by atoms with Gasteiger partial charge in [-0.1, -0.05) is 0 Å². The minimum Gasteiger partial charge on any atom is -0.380 e. The Morgan fingerprint density at radius 2 is 2.36 bits per heavy atom. The fraction of sp³-hybridized carbons (Fsp3) is 0.714. The molecule has 0 saturated carbocycles. The number of rotatable bonds is 5. The molecule has 6 nitrogen and oxygen atoms in total. The van der Waals surface area contributed by atoms with E-state index in [-0.39, 0.29) is 0 Å². The van der Waals surface area contributed by atoms with E-state index in [2.05, 4.69) is 14.8 Å². The molecule has 0 bridgehead atoms. The minimum atomic E-state index is -1.24. The van der Waals surface area contributed by atoms with Crippen molar-refractivity contribution in [2.75, 3.05) is 27.8 Å². The average molecular weight is 220 g/mol. The summed E-state index contributed by atoms with van der Waals surface area (Å²) in [6, 6.07) is 1.92. The van der Waals surface area contributed by atoms with E-state index in [0.29, 0.717) is 13.0 Å². The second kappa shape index (κ2) is 14.8. The van der Waals surface area contributed by atoms with Crippen LogP contribution in [-0.2, 0) is 9.05 Å². The lowest BCUT2D eigenvalue weighted by Gasteiger charge is -2.05. The van der Waals surface area contributed by atoms with Gasteiger partial charge >= 0.3 is 0 Å². The Kier molecular flexibility index (Phi) is 16.6. The lowest BCUT2D eigenvalue weighted by Crippen LogP contribution is -1.99. The van der Waals surface area contributed by atoms with Crippen molar-refractivity contribution in [1.82, 2.24) is 5.32 Å². The van der Waals surface area contributed by atoms with Gasteiger partial charge in [0.1, 0.15) is 0 Å². The Hall–Kier alpha value is -0.730. The summed E-state index contributed by atoms with van der Waals surface area (Å²) in [5, 5.41) is 10.8. The van der Waals surface area contributed by atoms with E-state index in [9.17, 15) is 0 Å². The quantitative estimate of drug-likeness (QED) is 0.306. The smallest absolute Gasteiger partial charge is 0.252 e. The second-order valence-corrected chi connectivity index (χ2v) is 3.08. The molecule has 7 heteroatoms. The molecule has 3 N–H and O–H groups in total. The van der Waals surface area contributed by atoms with Gasteiger partial charge in [-0.15, -0.1) is 0 Å². The normalized spacial score (nSPS) is 11.4. The first-order valence-corrected chi connectivity index (χ1v) is 5.14. The molecular weight excluding hydrogens is 203 g/mol. The standard InChI is InChI=1S/C4H9N2O2P.C3H8N2/c1-7-9(6)8-4-2-3-5;1-4-3-5-2/h2,4,6H2,1H3;3H,1-2H3,(H,4,5). The number of hydrogen-bond acceptors (Lipinski definition) is 5. The molecule has 0 aliphatic carbocycles. The van der Waals surface area contributed by atoms with Crippen molar-refractivity contribution >= 4 is 14.9 Å². The molecule has 82 valence electrons. The molecule has 0 aromatic carbocycles. The summed E-state index contributed by atoms with van der Waals surface area (Å²) in [6.45, 7) is 0.354. The van der Waals surface area contributed by atoms with Crippen molar-refractivity contribution < 1.29 is 9.05 Å². The molecule has 14 heavy (non-hydrogen) atoms. The van der Waals surface area contributed by atoms with Crippen LogP contribution in [0.5, 0.6) is 0 Å². The molecule has 0 fully saturated rings. The van der Waals surface area contributed by atoms with Crippen molar-refractivity contribution in [3.05, 3.63) is 0 Å². The fourth-order valence-electron chi connectivity index (χ4n) is 0.363. The molecule has 1 unspecified atom stereocenters. The highest BCUT2D eigenvalue weighted by atomic mass is 31.2. The first-order chi connectivity index (χ1) is 6.72. The molecular formula is C7H17N4O2P. The largest absolute Gasteiger partial charge is 0.380 e. The predicted octanol–water partition coefficient (Wildman–Crippen LogP) is 0.613. The van der Waals surface area contributed by atoms with Crippen molar-refractivity contribution in [1.29, 1.82) is 5.26 Å². The molecule has 1 atom stereocenters. The molecule has 0 radical (unpaired) electrons. The lowest BCUT2D eigenvalue weighted by molar-refractivity contribution is 0.290. The van der Waals surface area contributed by atoms with Crippen LogP contribution >= 0.6 is 8.53 Å². The first-order valence-electron chi connectivity index (χ1n) is 3.89.